The highest BCUT2D eigenvalue weighted by molar-refractivity contribution is 6.09. The Labute approximate surface area is 97.7 Å². The number of benzene rings is 2. The van der Waals surface area contributed by atoms with Crippen molar-refractivity contribution >= 4 is 5.78 Å². The molecule has 2 rings (SSSR count). The van der Waals surface area contributed by atoms with Gasteiger partial charge < -0.3 is 0 Å². The van der Waals surface area contributed by atoms with Gasteiger partial charge in [-0.25, -0.2) is 8.78 Å². The Hall–Kier alpha value is -2.03. The SMILES string of the molecule is Cc1ccc(F)cc1C(=O)c1cccc(F)c1. The summed E-state index contributed by atoms with van der Waals surface area (Å²) in [6.07, 6.45) is 0. The molecule has 0 atom stereocenters. The van der Waals surface area contributed by atoms with E-state index in [0.717, 1.165) is 6.07 Å². The van der Waals surface area contributed by atoms with Crippen LogP contribution in [-0.4, -0.2) is 5.78 Å². The van der Waals surface area contributed by atoms with E-state index >= 15 is 0 Å². The predicted molar refractivity (Wildman–Crippen MR) is 61.0 cm³/mol. The number of ketones is 1. The van der Waals surface area contributed by atoms with Gasteiger partial charge in [-0.15, -0.1) is 0 Å². The molecule has 0 saturated carbocycles. The van der Waals surface area contributed by atoms with Crippen LogP contribution in [-0.2, 0) is 0 Å². The topological polar surface area (TPSA) is 17.1 Å². The van der Waals surface area contributed by atoms with E-state index in [9.17, 15) is 13.6 Å². The Kier molecular flexibility index (Phi) is 3.00. The number of carbonyl (C=O) groups is 1. The third-order valence-electron chi connectivity index (χ3n) is 2.53. The first kappa shape index (κ1) is 11.5. The highest BCUT2D eigenvalue weighted by atomic mass is 19.1. The molecule has 0 N–H and O–H groups in total. The lowest BCUT2D eigenvalue weighted by Gasteiger charge is -2.05. The van der Waals surface area contributed by atoms with E-state index in [1.165, 1.54) is 36.4 Å². The predicted octanol–water partition coefficient (Wildman–Crippen LogP) is 3.50. The van der Waals surface area contributed by atoms with Crippen LogP contribution in [0.15, 0.2) is 42.5 Å². The van der Waals surface area contributed by atoms with Gasteiger partial charge in [0.15, 0.2) is 5.78 Å². The summed E-state index contributed by atoms with van der Waals surface area (Å²) in [6, 6.07) is 9.36. The maximum atomic E-state index is 13.1. The molecule has 0 aliphatic rings. The first-order chi connectivity index (χ1) is 8.08. The summed E-state index contributed by atoms with van der Waals surface area (Å²) < 4.78 is 26.1. The second-order valence-corrected chi connectivity index (χ2v) is 3.80. The molecule has 0 heterocycles. The van der Waals surface area contributed by atoms with Crippen LogP contribution in [0.2, 0.25) is 0 Å². The van der Waals surface area contributed by atoms with E-state index in [4.69, 9.17) is 0 Å². The van der Waals surface area contributed by atoms with Gasteiger partial charge in [0, 0.05) is 11.1 Å². The largest absolute Gasteiger partial charge is 0.289 e. The smallest absolute Gasteiger partial charge is 0.193 e. The third-order valence-corrected chi connectivity index (χ3v) is 2.53. The van der Waals surface area contributed by atoms with Crippen LogP contribution in [0.4, 0.5) is 8.78 Å². The van der Waals surface area contributed by atoms with Crippen molar-refractivity contribution in [1.82, 2.24) is 0 Å². The molecular weight excluding hydrogens is 222 g/mol. The van der Waals surface area contributed by atoms with Crippen LogP contribution in [0.5, 0.6) is 0 Å². The standard InChI is InChI=1S/C14H10F2O/c1-9-5-6-12(16)8-13(9)14(17)10-3-2-4-11(15)7-10/h2-8H,1H3. The van der Waals surface area contributed by atoms with Crippen LogP contribution in [0.25, 0.3) is 0 Å². The zero-order chi connectivity index (χ0) is 12.4. The number of aryl methyl sites for hydroxylation is 1. The molecular formula is C14H10F2O. The van der Waals surface area contributed by atoms with E-state index in [1.54, 1.807) is 6.92 Å². The molecule has 0 unspecified atom stereocenters. The zero-order valence-electron chi connectivity index (χ0n) is 9.21. The Morgan fingerprint density at radius 2 is 1.71 bits per heavy atom. The van der Waals surface area contributed by atoms with Crippen molar-refractivity contribution in [2.24, 2.45) is 0 Å². The van der Waals surface area contributed by atoms with E-state index in [1.807, 2.05) is 0 Å². The summed E-state index contributed by atoms with van der Waals surface area (Å²) in [7, 11) is 0. The van der Waals surface area contributed by atoms with E-state index in [-0.39, 0.29) is 16.9 Å². The van der Waals surface area contributed by atoms with Gasteiger partial charge in [-0.2, -0.15) is 0 Å². The minimum absolute atomic E-state index is 0.221. The number of carbonyl (C=O) groups excluding carboxylic acids is 1. The Bertz CT molecular complexity index is 576. The van der Waals surface area contributed by atoms with Gasteiger partial charge in [-0.05, 0) is 36.8 Å². The molecule has 1 nitrogen and oxygen atoms in total. The molecule has 0 saturated heterocycles. The lowest BCUT2D eigenvalue weighted by Crippen LogP contribution is -2.04. The Balaban J connectivity index is 2.47. The van der Waals surface area contributed by atoms with Crippen molar-refractivity contribution in [3.8, 4) is 0 Å². The molecule has 0 aliphatic heterocycles. The average Bonchev–Trinajstić information content (AvgIpc) is 2.31. The number of hydrogen-bond donors (Lipinski definition) is 0. The fourth-order valence-electron chi connectivity index (χ4n) is 1.62. The summed E-state index contributed by atoms with van der Waals surface area (Å²) in [5.41, 5.74) is 1.15. The summed E-state index contributed by atoms with van der Waals surface area (Å²) >= 11 is 0. The fraction of sp³-hybridized carbons (Fsp3) is 0.0714. The van der Waals surface area contributed by atoms with Gasteiger partial charge in [0.25, 0.3) is 0 Å². The quantitative estimate of drug-likeness (QED) is 0.724. The summed E-state index contributed by atoms with van der Waals surface area (Å²) in [5, 5.41) is 0. The fourth-order valence-corrected chi connectivity index (χ4v) is 1.62. The number of rotatable bonds is 2. The van der Waals surface area contributed by atoms with Gasteiger partial charge in [0.2, 0.25) is 0 Å². The molecule has 2 aromatic carbocycles. The van der Waals surface area contributed by atoms with Crippen molar-refractivity contribution in [2.75, 3.05) is 0 Å². The summed E-state index contributed by atoms with van der Waals surface area (Å²) in [5.74, 6) is -1.33. The molecule has 86 valence electrons. The van der Waals surface area contributed by atoms with E-state index in [2.05, 4.69) is 0 Å². The molecule has 0 radical (unpaired) electrons. The van der Waals surface area contributed by atoms with Crippen LogP contribution < -0.4 is 0 Å². The van der Waals surface area contributed by atoms with Crippen molar-refractivity contribution < 1.29 is 13.6 Å². The summed E-state index contributed by atoms with van der Waals surface area (Å²) in [6.45, 7) is 1.71. The Morgan fingerprint density at radius 1 is 1.00 bits per heavy atom. The second-order valence-electron chi connectivity index (χ2n) is 3.80. The Morgan fingerprint density at radius 3 is 2.41 bits per heavy atom. The number of hydrogen-bond acceptors (Lipinski definition) is 1. The average molecular weight is 232 g/mol. The molecule has 0 aliphatic carbocycles. The molecule has 0 aromatic heterocycles. The molecule has 0 amide bonds. The monoisotopic (exact) mass is 232 g/mol. The summed E-state index contributed by atoms with van der Waals surface area (Å²) in [4.78, 5) is 12.0. The molecule has 0 spiro atoms. The molecule has 0 bridgehead atoms. The van der Waals surface area contributed by atoms with Crippen LogP contribution in [0.1, 0.15) is 21.5 Å². The minimum Gasteiger partial charge on any atom is -0.289 e. The van der Waals surface area contributed by atoms with Crippen molar-refractivity contribution in [2.45, 2.75) is 6.92 Å². The highest BCUT2D eigenvalue weighted by Crippen LogP contribution is 2.16. The maximum Gasteiger partial charge on any atom is 0.193 e. The lowest BCUT2D eigenvalue weighted by atomic mass is 9.99. The molecule has 2 aromatic rings. The van der Waals surface area contributed by atoms with Crippen LogP contribution in [0, 0.1) is 18.6 Å². The lowest BCUT2D eigenvalue weighted by molar-refractivity contribution is 0.103. The maximum absolute atomic E-state index is 13.1. The van der Waals surface area contributed by atoms with Gasteiger partial charge in [-0.1, -0.05) is 18.2 Å². The first-order valence-electron chi connectivity index (χ1n) is 5.14. The first-order valence-corrected chi connectivity index (χ1v) is 5.14. The molecule has 3 heteroatoms. The van der Waals surface area contributed by atoms with Crippen molar-refractivity contribution in [1.29, 1.82) is 0 Å². The van der Waals surface area contributed by atoms with Gasteiger partial charge in [-0.3, -0.25) is 4.79 Å². The van der Waals surface area contributed by atoms with Crippen LogP contribution >= 0.6 is 0 Å². The zero-order valence-corrected chi connectivity index (χ0v) is 9.21. The third kappa shape index (κ3) is 2.38. The highest BCUT2D eigenvalue weighted by Gasteiger charge is 2.13. The molecule has 0 fully saturated rings. The normalized spacial score (nSPS) is 10.3. The van der Waals surface area contributed by atoms with Crippen molar-refractivity contribution in [3.63, 3.8) is 0 Å². The number of halogens is 2. The minimum atomic E-state index is -0.482. The van der Waals surface area contributed by atoms with Gasteiger partial charge in [0.05, 0.1) is 0 Å². The van der Waals surface area contributed by atoms with Gasteiger partial charge in [0.1, 0.15) is 11.6 Å². The van der Waals surface area contributed by atoms with E-state index < -0.39 is 11.6 Å². The van der Waals surface area contributed by atoms with Gasteiger partial charge >= 0.3 is 0 Å². The van der Waals surface area contributed by atoms with Crippen LogP contribution in [0.3, 0.4) is 0 Å². The molecule has 17 heavy (non-hydrogen) atoms. The van der Waals surface area contributed by atoms with Crippen molar-refractivity contribution in [3.05, 3.63) is 70.8 Å². The van der Waals surface area contributed by atoms with E-state index in [0.29, 0.717) is 5.56 Å². The second kappa shape index (κ2) is 4.45.